The molecule has 7 nitrogen and oxygen atoms in total. The average Bonchev–Trinajstić information content (AvgIpc) is 2.71. The van der Waals surface area contributed by atoms with E-state index in [1.54, 1.807) is 31.2 Å². The van der Waals surface area contributed by atoms with Crippen LogP contribution in [0.5, 0.6) is 11.6 Å². The van der Waals surface area contributed by atoms with Crippen LogP contribution in [0.4, 0.5) is 14.5 Å². The molecule has 0 bridgehead atoms. The van der Waals surface area contributed by atoms with E-state index in [4.69, 9.17) is 9.47 Å². The molecule has 1 aromatic heterocycles. The van der Waals surface area contributed by atoms with E-state index in [1.165, 1.54) is 13.2 Å². The number of amides is 1. The summed E-state index contributed by atoms with van der Waals surface area (Å²) in [5.41, 5.74) is -0.608. The van der Waals surface area contributed by atoms with Crippen LogP contribution in [0.25, 0.3) is 5.69 Å². The Balaban J connectivity index is 2.00. The molecule has 0 aliphatic rings. The first-order chi connectivity index (χ1) is 13.9. The Morgan fingerprint density at radius 2 is 1.83 bits per heavy atom. The Kier molecular flexibility index (Phi) is 5.87. The molecule has 0 saturated heterocycles. The summed E-state index contributed by atoms with van der Waals surface area (Å²) in [4.78, 5) is 25.0. The van der Waals surface area contributed by atoms with Gasteiger partial charge in [-0.3, -0.25) is 9.59 Å². The van der Waals surface area contributed by atoms with E-state index in [0.29, 0.717) is 11.4 Å². The van der Waals surface area contributed by atoms with E-state index in [1.807, 2.05) is 0 Å². The number of hydrogen-bond donors (Lipinski definition) is 1. The zero-order chi connectivity index (χ0) is 21.0. The minimum Gasteiger partial charge on any atom is -0.497 e. The second kappa shape index (κ2) is 8.51. The molecule has 2 aromatic carbocycles. The molecule has 9 heteroatoms. The molecule has 0 fully saturated rings. The number of anilines is 1. The number of carbonyl (C=O) groups is 1. The number of methoxy groups -OCH3 is 1. The second-order valence-electron chi connectivity index (χ2n) is 5.82. The number of carbonyl (C=O) groups excluding carboxylic acids is 1. The third-order valence-corrected chi connectivity index (χ3v) is 3.90. The maximum absolute atomic E-state index is 13.7. The zero-order valence-corrected chi connectivity index (χ0v) is 15.6. The minimum atomic E-state index is -1.10. The maximum atomic E-state index is 13.7. The van der Waals surface area contributed by atoms with Gasteiger partial charge in [0.2, 0.25) is 11.3 Å². The van der Waals surface area contributed by atoms with Crippen molar-refractivity contribution in [2.75, 3.05) is 19.0 Å². The predicted molar refractivity (Wildman–Crippen MR) is 102 cm³/mol. The van der Waals surface area contributed by atoms with Gasteiger partial charge in [-0.25, -0.2) is 13.5 Å². The van der Waals surface area contributed by atoms with E-state index in [-0.39, 0.29) is 18.2 Å². The normalized spacial score (nSPS) is 10.5. The number of halogens is 2. The third-order valence-electron chi connectivity index (χ3n) is 3.90. The Hall–Kier alpha value is -3.75. The van der Waals surface area contributed by atoms with Crippen LogP contribution in [0.1, 0.15) is 17.4 Å². The summed E-state index contributed by atoms with van der Waals surface area (Å²) in [6.45, 7) is 1.88. The number of nitrogens with one attached hydrogen (secondary N) is 1. The quantitative estimate of drug-likeness (QED) is 0.686. The molecule has 0 unspecified atom stereocenters. The van der Waals surface area contributed by atoms with Gasteiger partial charge >= 0.3 is 0 Å². The Morgan fingerprint density at radius 3 is 2.45 bits per heavy atom. The lowest BCUT2D eigenvalue weighted by molar-refractivity contribution is 0.101. The first-order valence-electron chi connectivity index (χ1n) is 8.61. The van der Waals surface area contributed by atoms with Crippen molar-refractivity contribution < 1.29 is 23.0 Å². The first kappa shape index (κ1) is 20.0. The fourth-order valence-electron chi connectivity index (χ4n) is 2.51. The molecule has 0 atom stereocenters. The highest BCUT2D eigenvalue weighted by atomic mass is 19.2. The van der Waals surface area contributed by atoms with Gasteiger partial charge in [-0.05, 0) is 43.3 Å². The highest BCUT2D eigenvalue weighted by Gasteiger charge is 2.18. The van der Waals surface area contributed by atoms with Gasteiger partial charge in [0.15, 0.2) is 17.3 Å². The molecule has 0 radical (unpaired) electrons. The predicted octanol–water partition coefficient (Wildman–Crippen LogP) is 3.17. The van der Waals surface area contributed by atoms with Crippen LogP contribution >= 0.6 is 0 Å². The molecule has 29 heavy (non-hydrogen) atoms. The smallest absolute Gasteiger partial charge is 0.280 e. The molecule has 0 saturated carbocycles. The van der Waals surface area contributed by atoms with Crippen molar-refractivity contribution in [2.45, 2.75) is 6.92 Å². The van der Waals surface area contributed by atoms with Crippen LogP contribution < -0.4 is 20.2 Å². The van der Waals surface area contributed by atoms with Gasteiger partial charge in [-0.2, -0.15) is 5.10 Å². The fourth-order valence-corrected chi connectivity index (χ4v) is 2.51. The lowest BCUT2D eigenvalue weighted by atomic mass is 10.2. The molecule has 3 aromatic rings. The fraction of sp³-hybridized carbons (Fsp3) is 0.150. The van der Waals surface area contributed by atoms with E-state index in [0.717, 1.165) is 22.9 Å². The molecule has 3 rings (SSSR count). The van der Waals surface area contributed by atoms with Crippen molar-refractivity contribution >= 4 is 11.6 Å². The molecular formula is C20H17F2N3O4. The molecule has 1 heterocycles. The first-order valence-corrected chi connectivity index (χ1v) is 8.61. The molecular weight excluding hydrogens is 384 g/mol. The Morgan fingerprint density at radius 1 is 1.10 bits per heavy atom. The van der Waals surface area contributed by atoms with Crippen LogP contribution in [0.3, 0.4) is 0 Å². The lowest BCUT2D eigenvalue weighted by Crippen LogP contribution is -2.26. The number of aromatic nitrogens is 2. The summed E-state index contributed by atoms with van der Waals surface area (Å²) in [7, 11) is 1.51. The summed E-state index contributed by atoms with van der Waals surface area (Å²) in [6.07, 6.45) is 0. The molecule has 150 valence electrons. The van der Waals surface area contributed by atoms with Gasteiger partial charge in [0, 0.05) is 11.8 Å². The van der Waals surface area contributed by atoms with Gasteiger partial charge in [0.1, 0.15) is 5.75 Å². The molecule has 1 amide bonds. The summed E-state index contributed by atoms with van der Waals surface area (Å²) in [5, 5.41) is 6.57. The monoisotopic (exact) mass is 401 g/mol. The number of hydrogen-bond acceptors (Lipinski definition) is 5. The van der Waals surface area contributed by atoms with Gasteiger partial charge in [-0.1, -0.05) is 0 Å². The highest BCUT2D eigenvalue weighted by Crippen LogP contribution is 2.19. The van der Waals surface area contributed by atoms with Crippen LogP contribution in [0.15, 0.2) is 53.3 Å². The summed E-state index contributed by atoms with van der Waals surface area (Å²) >= 11 is 0. The highest BCUT2D eigenvalue weighted by molar-refractivity contribution is 6.02. The van der Waals surface area contributed by atoms with Crippen molar-refractivity contribution in [1.29, 1.82) is 0 Å². The summed E-state index contributed by atoms with van der Waals surface area (Å²) < 4.78 is 38.4. The van der Waals surface area contributed by atoms with Crippen molar-refractivity contribution in [2.24, 2.45) is 0 Å². The zero-order valence-electron chi connectivity index (χ0n) is 15.6. The van der Waals surface area contributed by atoms with Crippen LogP contribution in [0.2, 0.25) is 0 Å². The largest absolute Gasteiger partial charge is 0.497 e. The minimum absolute atomic E-state index is 0.00972. The van der Waals surface area contributed by atoms with Crippen molar-refractivity contribution in [3.05, 3.63) is 76.1 Å². The van der Waals surface area contributed by atoms with Gasteiger partial charge in [0.25, 0.3) is 5.91 Å². The molecule has 0 spiro atoms. The van der Waals surface area contributed by atoms with E-state index in [2.05, 4.69) is 10.4 Å². The Labute approximate surface area is 164 Å². The van der Waals surface area contributed by atoms with E-state index >= 15 is 0 Å². The summed E-state index contributed by atoms with van der Waals surface area (Å²) in [5.74, 6) is -2.31. The van der Waals surface area contributed by atoms with E-state index < -0.39 is 28.7 Å². The third kappa shape index (κ3) is 4.40. The van der Waals surface area contributed by atoms with Crippen molar-refractivity contribution in [3.8, 4) is 17.3 Å². The Bertz CT molecular complexity index is 1100. The number of rotatable bonds is 6. The van der Waals surface area contributed by atoms with Crippen molar-refractivity contribution in [1.82, 2.24) is 9.78 Å². The van der Waals surface area contributed by atoms with Gasteiger partial charge in [0.05, 0.1) is 25.5 Å². The van der Waals surface area contributed by atoms with Gasteiger partial charge in [-0.15, -0.1) is 0 Å². The number of nitrogens with zero attached hydrogens (tertiary/aromatic N) is 2. The molecule has 0 aliphatic carbocycles. The van der Waals surface area contributed by atoms with Crippen LogP contribution in [-0.4, -0.2) is 29.4 Å². The number of ether oxygens (including phenoxy) is 2. The van der Waals surface area contributed by atoms with Crippen molar-refractivity contribution in [3.63, 3.8) is 0 Å². The van der Waals surface area contributed by atoms with Gasteiger partial charge < -0.3 is 14.8 Å². The van der Waals surface area contributed by atoms with Crippen LogP contribution in [-0.2, 0) is 0 Å². The topological polar surface area (TPSA) is 82.5 Å². The second-order valence-corrected chi connectivity index (χ2v) is 5.82. The SMILES string of the molecule is CCOc1cc(=O)c(C(=O)Nc2ccc(OC)cc2)nn1-c1ccc(F)c(F)c1. The lowest BCUT2D eigenvalue weighted by Gasteiger charge is -2.14. The van der Waals surface area contributed by atoms with E-state index in [9.17, 15) is 18.4 Å². The average molecular weight is 401 g/mol. The molecule has 1 N–H and O–H groups in total. The number of benzene rings is 2. The summed E-state index contributed by atoms with van der Waals surface area (Å²) in [6, 6.07) is 10.6. The molecule has 0 aliphatic heterocycles. The maximum Gasteiger partial charge on any atom is 0.280 e. The van der Waals surface area contributed by atoms with Crippen LogP contribution in [0, 0.1) is 11.6 Å². The standard InChI is InChI=1S/C20H17F2N3O4/c1-3-29-18-11-17(26)19(20(27)23-12-4-7-14(28-2)8-5-12)24-25(18)13-6-9-15(21)16(22)10-13/h4-11H,3H2,1-2H3,(H,23,27).